The van der Waals surface area contributed by atoms with E-state index in [2.05, 4.69) is 0 Å². The van der Waals surface area contributed by atoms with Gasteiger partial charge in [0, 0.05) is 52.3 Å². The Morgan fingerprint density at radius 3 is 1.27 bits per heavy atom. The second-order valence-electron chi connectivity index (χ2n) is 7.61. The van der Waals surface area contributed by atoms with Crippen LogP contribution < -0.4 is 0 Å². The molecule has 33 heavy (non-hydrogen) atoms. The fraction of sp³-hybridized carbons (Fsp3) is 0.800. The molecule has 2 heterocycles. The van der Waals surface area contributed by atoms with E-state index >= 15 is 0 Å². The van der Waals surface area contributed by atoms with Gasteiger partial charge in [-0.05, 0) is 0 Å². The molecule has 188 valence electrons. The number of rotatable bonds is 8. The Bertz CT molecular complexity index is 660. The van der Waals surface area contributed by atoms with Gasteiger partial charge in [0.25, 0.3) is 0 Å². The molecule has 0 aromatic rings. The number of carbonyl (C=O) groups is 4. The zero-order valence-electron chi connectivity index (χ0n) is 18.7. The van der Waals surface area contributed by atoms with E-state index in [1.807, 2.05) is 0 Å². The van der Waals surface area contributed by atoms with Crippen LogP contribution in [0.15, 0.2) is 0 Å². The van der Waals surface area contributed by atoms with Crippen molar-refractivity contribution in [2.75, 3.05) is 11.8 Å². The number of carbonyl (C=O) groups excluding carboxylic acids is 4. The Balaban J connectivity index is 2.35. The second kappa shape index (κ2) is 12.7. The highest BCUT2D eigenvalue weighted by molar-refractivity contribution is 6.18. The summed E-state index contributed by atoms with van der Waals surface area (Å²) in [6, 6.07) is 0. The highest BCUT2D eigenvalue weighted by Crippen LogP contribution is 2.33. The van der Waals surface area contributed by atoms with Crippen LogP contribution in [0, 0.1) is 0 Å². The van der Waals surface area contributed by atoms with Crippen LogP contribution in [0.25, 0.3) is 0 Å². The van der Waals surface area contributed by atoms with Crippen molar-refractivity contribution in [2.24, 2.45) is 0 Å². The van der Waals surface area contributed by atoms with Crippen molar-refractivity contribution in [1.29, 1.82) is 0 Å². The van der Waals surface area contributed by atoms with Crippen molar-refractivity contribution in [2.45, 2.75) is 89.7 Å². The van der Waals surface area contributed by atoms with Gasteiger partial charge in [0.1, 0.15) is 12.2 Å². The Hall–Kier alpha value is -1.66. The lowest BCUT2D eigenvalue weighted by atomic mass is 10.0. The van der Waals surface area contributed by atoms with Gasteiger partial charge in [-0.15, -0.1) is 23.2 Å². The average Bonchev–Trinajstić information content (AvgIpc) is 2.70. The van der Waals surface area contributed by atoms with E-state index in [-0.39, 0.29) is 24.6 Å². The molecule has 0 aliphatic carbocycles. The number of esters is 4. The Morgan fingerprint density at radius 1 is 0.667 bits per heavy atom. The molecule has 2 aliphatic heterocycles. The molecular formula is C20H28Cl2O11. The van der Waals surface area contributed by atoms with Crippen molar-refractivity contribution in [1.82, 2.24) is 0 Å². The second-order valence-corrected chi connectivity index (χ2v) is 8.23. The molecule has 13 heteroatoms. The molecule has 2 rings (SSSR count). The fourth-order valence-electron chi connectivity index (χ4n) is 3.64. The first-order chi connectivity index (χ1) is 15.5. The molecule has 0 bridgehead atoms. The Labute approximate surface area is 201 Å². The summed E-state index contributed by atoms with van der Waals surface area (Å²) in [5.74, 6) is -2.48. The van der Waals surface area contributed by atoms with Gasteiger partial charge >= 0.3 is 23.9 Å². The largest absolute Gasteiger partial charge is 0.458 e. The van der Waals surface area contributed by atoms with Gasteiger partial charge in [-0.3, -0.25) is 19.2 Å². The van der Waals surface area contributed by atoms with Gasteiger partial charge < -0.3 is 33.2 Å². The van der Waals surface area contributed by atoms with E-state index in [1.165, 1.54) is 27.7 Å². The molecule has 8 atom stereocenters. The number of halogens is 2. The lowest BCUT2D eigenvalue weighted by Gasteiger charge is -2.44. The van der Waals surface area contributed by atoms with Crippen LogP contribution in [0.5, 0.6) is 0 Å². The molecule has 0 radical (unpaired) electrons. The Kier molecular flexibility index (Phi) is 10.6. The van der Waals surface area contributed by atoms with Gasteiger partial charge in [0.2, 0.25) is 12.6 Å². The molecule has 0 unspecified atom stereocenters. The van der Waals surface area contributed by atoms with E-state index in [0.29, 0.717) is 0 Å². The average molecular weight is 515 g/mol. The van der Waals surface area contributed by atoms with Crippen LogP contribution in [-0.2, 0) is 52.3 Å². The molecule has 0 saturated carbocycles. The quantitative estimate of drug-likeness (QED) is 0.264. The summed E-state index contributed by atoms with van der Waals surface area (Å²) in [4.78, 5) is 46.7. The summed E-state index contributed by atoms with van der Waals surface area (Å²) in [6.07, 6.45) is -7.73. The van der Waals surface area contributed by atoms with Crippen molar-refractivity contribution in [3.63, 3.8) is 0 Å². The SMILES string of the molecule is CC(=O)O[C@H]1[C@@H](O[C@H]2O[C@H](CCl)C[C@H](OC(C)=O)[C@H]2OC(C)=O)O[C@H](CCl)C[C@@H]1OC(C)=O. The number of alkyl halides is 2. The molecule has 0 amide bonds. The first-order valence-electron chi connectivity index (χ1n) is 10.3. The minimum absolute atomic E-state index is 0.0314. The summed E-state index contributed by atoms with van der Waals surface area (Å²) in [6.45, 7) is 4.77. The number of ether oxygens (including phenoxy) is 7. The van der Waals surface area contributed by atoms with Crippen LogP contribution in [0.3, 0.4) is 0 Å². The standard InChI is InChI=1S/C20H28Cl2O11/c1-9(23)27-15-5-13(7-21)31-19(17(15)29-11(3)25)33-20-18(30-12(4)26)16(28-10(2)24)6-14(8-22)32-20/h13-20H,5-8H2,1-4H3/t13-,14-,15-,16-,17+,18+,19+,20+/m0/s1. The normalized spacial score (nSPS) is 34.1. The lowest BCUT2D eigenvalue weighted by Crippen LogP contribution is -2.59. The molecule has 0 aromatic heterocycles. The summed E-state index contributed by atoms with van der Waals surface area (Å²) >= 11 is 11.9. The molecule has 0 N–H and O–H groups in total. The van der Waals surface area contributed by atoms with Crippen LogP contribution in [0.2, 0.25) is 0 Å². The summed E-state index contributed by atoms with van der Waals surface area (Å²) in [7, 11) is 0. The predicted molar refractivity (Wildman–Crippen MR) is 111 cm³/mol. The Morgan fingerprint density at radius 2 is 1.00 bits per heavy atom. The van der Waals surface area contributed by atoms with E-state index in [0.717, 1.165) is 0 Å². The predicted octanol–water partition coefficient (Wildman–Crippen LogP) is 1.44. The smallest absolute Gasteiger partial charge is 0.303 e. The molecule has 0 aromatic carbocycles. The topological polar surface area (TPSA) is 133 Å². The van der Waals surface area contributed by atoms with Gasteiger partial charge in [-0.2, -0.15) is 0 Å². The fourth-order valence-corrected chi connectivity index (χ4v) is 4.03. The van der Waals surface area contributed by atoms with Gasteiger partial charge in [-0.1, -0.05) is 0 Å². The molecular weight excluding hydrogens is 487 g/mol. The maximum atomic E-state index is 11.7. The number of hydrogen-bond donors (Lipinski definition) is 0. The third-order valence-electron chi connectivity index (χ3n) is 4.76. The van der Waals surface area contributed by atoms with Crippen molar-refractivity contribution >= 4 is 47.1 Å². The lowest BCUT2D eigenvalue weighted by molar-refractivity contribution is -0.351. The maximum absolute atomic E-state index is 11.7. The van der Waals surface area contributed by atoms with Crippen molar-refractivity contribution in [3.05, 3.63) is 0 Å². The monoisotopic (exact) mass is 514 g/mol. The minimum Gasteiger partial charge on any atom is -0.458 e. The highest BCUT2D eigenvalue weighted by atomic mass is 35.5. The van der Waals surface area contributed by atoms with Crippen molar-refractivity contribution in [3.8, 4) is 0 Å². The third kappa shape index (κ3) is 8.25. The van der Waals surface area contributed by atoms with Gasteiger partial charge in [0.05, 0.1) is 12.2 Å². The van der Waals surface area contributed by atoms with Gasteiger partial charge in [0.15, 0.2) is 12.2 Å². The summed E-state index contributed by atoms with van der Waals surface area (Å²) in [5, 5.41) is 0. The van der Waals surface area contributed by atoms with Crippen LogP contribution in [0.1, 0.15) is 40.5 Å². The van der Waals surface area contributed by atoms with E-state index in [1.54, 1.807) is 0 Å². The third-order valence-corrected chi connectivity index (χ3v) is 5.45. The molecule has 2 saturated heterocycles. The van der Waals surface area contributed by atoms with E-state index in [9.17, 15) is 19.2 Å². The molecule has 11 nitrogen and oxygen atoms in total. The zero-order chi connectivity index (χ0) is 24.7. The minimum atomic E-state index is -1.31. The van der Waals surface area contributed by atoms with Crippen LogP contribution >= 0.6 is 23.2 Å². The van der Waals surface area contributed by atoms with Crippen LogP contribution in [-0.4, -0.2) is 84.8 Å². The summed E-state index contributed by atoms with van der Waals surface area (Å²) < 4.78 is 38.9. The van der Waals surface area contributed by atoms with Gasteiger partial charge in [-0.25, -0.2) is 0 Å². The first-order valence-corrected chi connectivity index (χ1v) is 11.4. The maximum Gasteiger partial charge on any atom is 0.303 e. The van der Waals surface area contributed by atoms with E-state index in [4.69, 9.17) is 56.4 Å². The van der Waals surface area contributed by atoms with Crippen LogP contribution in [0.4, 0.5) is 0 Å². The highest BCUT2D eigenvalue weighted by Gasteiger charge is 2.49. The molecule has 2 fully saturated rings. The molecule has 0 spiro atoms. The molecule has 2 aliphatic rings. The summed E-state index contributed by atoms with van der Waals surface area (Å²) in [5.41, 5.74) is 0. The van der Waals surface area contributed by atoms with E-state index < -0.39 is 73.1 Å². The number of hydrogen-bond acceptors (Lipinski definition) is 11. The van der Waals surface area contributed by atoms with Crippen molar-refractivity contribution < 1.29 is 52.3 Å². The zero-order valence-corrected chi connectivity index (χ0v) is 20.2. The first kappa shape index (κ1) is 27.6.